The highest BCUT2D eigenvalue weighted by molar-refractivity contribution is 6.19. The lowest BCUT2D eigenvalue weighted by atomic mass is 10.2. The van der Waals surface area contributed by atoms with E-state index in [0.29, 0.717) is 17.0 Å². The molecule has 0 aliphatic rings. The van der Waals surface area contributed by atoms with Gasteiger partial charge < -0.3 is 0 Å². The summed E-state index contributed by atoms with van der Waals surface area (Å²) in [6.07, 6.45) is 2.95. The van der Waals surface area contributed by atoms with Gasteiger partial charge in [0.05, 0.1) is 0 Å². The molecule has 0 aliphatic carbocycles. The zero-order valence-electron chi connectivity index (χ0n) is 6.82. The van der Waals surface area contributed by atoms with Crippen LogP contribution in [0.3, 0.4) is 0 Å². The van der Waals surface area contributed by atoms with Crippen molar-refractivity contribution in [1.29, 1.82) is 0 Å². The lowest BCUT2D eigenvalue weighted by Crippen LogP contribution is -1.80. The molecule has 0 aromatic heterocycles. The second-order valence-corrected chi connectivity index (χ2v) is 2.67. The van der Waals surface area contributed by atoms with Crippen molar-refractivity contribution < 1.29 is 4.39 Å². The monoisotopic (exact) mass is 174 g/mol. The highest BCUT2D eigenvalue weighted by Crippen LogP contribution is 2.10. The van der Waals surface area contributed by atoms with E-state index in [1.165, 1.54) is 6.08 Å². The number of allylic oxidation sites excluding steroid dienone is 5. The summed E-state index contributed by atoms with van der Waals surface area (Å²) >= 11 is 5.49. The van der Waals surface area contributed by atoms with E-state index < -0.39 is 0 Å². The standard InChI is InChI=1S/C9H12ClF/c1-4-8(6-10)5-9(11)7(2)3/h4-5H,1,6H2,2-3H3/b8-5+. The molecule has 0 amide bonds. The zero-order valence-corrected chi connectivity index (χ0v) is 7.58. The third-order valence-electron chi connectivity index (χ3n) is 1.21. The molecule has 62 valence electrons. The van der Waals surface area contributed by atoms with Gasteiger partial charge in [-0.05, 0) is 31.1 Å². The van der Waals surface area contributed by atoms with Gasteiger partial charge in [0.1, 0.15) is 5.83 Å². The van der Waals surface area contributed by atoms with Crippen LogP contribution in [0.25, 0.3) is 0 Å². The summed E-state index contributed by atoms with van der Waals surface area (Å²) in [5.74, 6) is 0.0602. The molecular weight excluding hydrogens is 163 g/mol. The Bertz CT molecular complexity index is 198. The van der Waals surface area contributed by atoms with Crippen LogP contribution in [0.4, 0.5) is 4.39 Å². The van der Waals surface area contributed by atoms with Crippen molar-refractivity contribution in [2.24, 2.45) is 0 Å². The van der Waals surface area contributed by atoms with Gasteiger partial charge in [-0.3, -0.25) is 0 Å². The van der Waals surface area contributed by atoms with Crippen LogP contribution in [0.15, 0.2) is 35.7 Å². The van der Waals surface area contributed by atoms with Crippen molar-refractivity contribution in [1.82, 2.24) is 0 Å². The first kappa shape index (κ1) is 10.4. The number of hydrogen-bond acceptors (Lipinski definition) is 0. The second-order valence-electron chi connectivity index (χ2n) is 2.40. The molecule has 0 radical (unpaired) electrons. The highest BCUT2D eigenvalue weighted by Gasteiger charge is 1.94. The minimum atomic E-state index is -0.236. The Morgan fingerprint density at radius 3 is 2.36 bits per heavy atom. The quantitative estimate of drug-likeness (QED) is 0.453. The van der Waals surface area contributed by atoms with Gasteiger partial charge in [0.15, 0.2) is 0 Å². The molecule has 0 bridgehead atoms. The van der Waals surface area contributed by atoms with E-state index in [2.05, 4.69) is 6.58 Å². The van der Waals surface area contributed by atoms with Crippen molar-refractivity contribution in [3.8, 4) is 0 Å². The minimum absolute atomic E-state index is 0.236. The Morgan fingerprint density at radius 2 is 2.09 bits per heavy atom. The maximum atomic E-state index is 12.8. The third-order valence-corrected chi connectivity index (χ3v) is 1.51. The van der Waals surface area contributed by atoms with E-state index >= 15 is 0 Å². The van der Waals surface area contributed by atoms with Gasteiger partial charge in [-0.25, -0.2) is 4.39 Å². The van der Waals surface area contributed by atoms with Crippen molar-refractivity contribution >= 4 is 11.6 Å². The van der Waals surface area contributed by atoms with Crippen molar-refractivity contribution in [2.45, 2.75) is 13.8 Å². The Hall–Kier alpha value is -0.560. The smallest absolute Gasteiger partial charge is 0.122 e. The SMILES string of the molecule is C=C/C(=C\C(F)=C(C)C)CCl. The molecule has 2 heteroatoms. The van der Waals surface area contributed by atoms with Crippen LogP contribution in [0, 0.1) is 0 Å². The van der Waals surface area contributed by atoms with Crippen LogP contribution in [0.5, 0.6) is 0 Å². The predicted octanol–water partition coefficient (Wildman–Crippen LogP) is 3.60. The molecule has 0 atom stereocenters. The summed E-state index contributed by atoms with van der Waals surface area (Å²) in [7, 11) is 0. The first-order valence-corrected chi connectivity index (χ1v) is 3.87. The predicted molar refractivity (Wildman–Crippen MR) is 48.5 cm³/mol. The number of halogens is 2. The minimum Gasteiger partial charge on any atom is -0.207 e. The molecule has 0 unspecified atom stereocenters. The van der Waals surface area contributed by atoms with E-state index in [4.69, 9.17) is 11.6 Å². The van der Waals surface area contributed by atoms with Crippen molar-refractivity contribution in [3.63, 3.8) is 0 Å². The summed E-state index contributed by atoms with van der Waals surface area (Å²) in [5, 5.41) is 0. The highest BCUT2D eigenvalue weighted by atomic mass is 35.5. The van der Waals surface area contributed by atoms with E-state index in [-0.39, 0.29) is 5.83 Å². The number of rotatable bonds is 3. The van der Waals surface area contributed by atoms with E-state index in [1.807, 2.05) is 0 Å². The lowest BCUT2D eigenvalue weighted by Gasteiger charge is -1.95. The summed E-state index contributed by atoms with van der Waals surface area (Å²) in [6, 6.07) is 0. The Morgan fingerprint density at radius 1 is 1.55 bits per heavy atom. The maximum Gasteiger partial charge on any atom is 0.122 e. The fourth-order valence-electron chi connectivity index (χ4n) is 0.459. The Balaban J connectivity index is 4.52. The van der Waals surface area contributed by atoms with Crippen LogP contribution >= 0.6 is 11.6 Å². The van der Waals surface area contributed by atoms with Gasteiger partial charge in [0.25, 0.3) is 0 Å². The largest absolute Gasteiger partial charge is 0.207 e. The van der Waals surface area contributed by atoms with Gasteiger partial charge in [0, 0.05) is 5.88 Å². The third kappa shape index (κ3) is 3.99. The maximum absolute atomic E-state index is 12.8. The van der Waals surface area contributed by atoms with Gasteiger partial charge in [0.2, 0.25) is 0 Å². The second kappa shape index (κ2) is 5.14. The van der Waals surface area contributed by atoms with Gasteiger partial charge in [-0.1, -0.05) is 12.7 Å². The van der Waals surface area contributed by atoms with Gasteiger partial charge in [-0.2, -0.15) is 0 Å². The number of hydrogen-bond donors (Lipinski definition) is 0. The molecule has 0 saturated carbocycles. The summed E-state index contributed by atoms with van der Waals surface area (Å²) < 4.78 is 12.8. The van der Waals surface area contributed by atoms with Crippen LogP contribution in [-0.2, 0) is 0 Å². The summed E-state index contributed by atoms with van der Waals surface area (Å²) in [5.41, 5.74) is 1.35. The van der Waals surface area contributed by atoms with Crippen LogP contribution in [-0.4, -0.2) is 5.88 Å². The molecule has 0 N–H and O–H groups in total. The topological polar surface area (TPSA) is 0 Å². The molecule has 0 fully saturated rings. The normalized spacial score (nSPS) is 11.1. The molecule has 0 aromatic rings. The van der Waals surface area contributed by atoms with Crippen LogP contribution < -0.4 is 0 Å². The Kier molecular flexibility index (Phi) is 4.88. The van der Waals surface area contributed by atoms with E-state index in [0.717, 1.165) is 0 Å². The van der Waals surface area contributed by atoms with Crippen LogP contribution in [0.2, 0.25) is 0 Å². The molecular formula is C9H12ClF. The van der Waals surface area contributed by atoms with Gasteiger partial charge >= 0.3 is 0 Å². The fourth-order valence-corrected chi connectivity index (χ4v) is 0.645. The molecule has 11 heavy (non-hydrogen) atoms. The molecule has 0 aliphatic heterocycles. The molecule has 0 spiro atoms. The van der Waals surface area contributed by atoms with Gasteiger partial charge in [-0.15, -0.1) is 11.6 Å². The molecule has 0 rings (SSSR count). The first-order chi connectivity index (χ1) is 5.11. The summed E-state index contributed by atoms with van der Waals surface area (Å²) in [4.78, 5) is 0. The molecule has 0 nitrogen and oxygen atoms in total. The average Bonchev–Trinajstić information content (AvgIpc) is 1.99. The average molecular weight is 175 g/mol. The molecule has 0 saturated heterocycles. The van der Waals surface area contributed by atoms with Crippen molar-refractivity contribution in [2.75, 3.05) is 5.88 Å². The van der Waals surface area contributed by atoms with E-state index in [1.54, 1.807) is 19.9 Å². The summed E-state index contributed by atoms with van der Waals surface area (Å²) in [6.45, 7) is 6.92. The zero-order chi connectivity index (χ0) is 8.85. The lowest BCUT2D eigenvalue weighted by molar-refractivity contribution is 0.653. The van der Waals surface area contributed by atoms with E-state index in [9.17, 15) is 4.39 Å². The fraction of sp³-hybridized carbons (Fsp3) is 0.333. The van der Waals surface area contributed by atoms with Crippen LogP contribution in [0.1, 0.15) is 13.8 Å². The Labute approximate surface area is 72.1 Å². The van der Waals surface area contributed by atoms with Crippen molar-refractivity contribution in [3.05, 3.63) is 35.7 Å². The first-order valence-electron chi connectivity index (χ1n) is 3.33. The molecule has 0 heterocycles. The molecule has 0 aromatic carbocycles. The number of alkyl halides is 1.